The molecule has 18 heavy (non-hydrogen) atoms. The van der Waals surface area contributed by atoms with Crippen molar-refractivity contribution in [3.63, 3.8) is 0 Å². The maximum absolute atomic E-state index is 2.38. The van der Waals surface area contributed by atoms with Gasteiger partial charge in [0, 0.05) is 17.1 Å². The van der Waals surface area contributed by atoms with Gasteiger partial charge >= 0.3 is 0 Å². The van der Waals surface area contributed by atoms with E-state index < -0.39 is 0 Å². The van der Waals surface area contributed by atoms with E-state index in [0.717, 1.165) is 0 Å². The average Bonchev–Trinajstić information content (AvgIpc) is 2.69. The van der Waals surface area contributed by atoms with Crippen molar-refractivity contribution in [3.05, 3.63) is 70.7 Å². The average molecular weight is 252 g/mol. The summed E-state index contributed by atoms with van der Waals surface area (Å²) in [6.07, 6.45) is 23.0. The van der Waals surface area contributed by atoms with Crippen molar-refractivity contribution in [2.24, 2.45) is 11.8 Å². The maximum atomic E-state index is 2.38. The Morgan fingerprint density at radius 2 is 1.83 bits per heavy atom. The van der Waals surface area contributed by atoms with Crippen LogP contribution in [0.2, 0.25) is 0 Å². The highest BCUT2D eigenvalue weighted by atomic mass is 32.2. The van der Waals surface area contributed by atoms with Crippen molar-refractivity contribution in [1.29, 1.82) is 0 Å². The van der Waals surface area contributed by atoms with Crippen LogP contribution in [0.4, 0.5) is 0 Å². The van der Waals surface area contributed by atoms with E-state index in [-0.39, 0.29) is 0 Å². The first-order valence-electron chi connectivity index (χ1n) is 6.72. The summed E-state index contributed by atoms with van der Waals surface area (Å²) in [5.41, 5.74) is 3.16. The highest BCUT2D eigenvalue weighted by Gasteiger charge is 2.40. The lowest BCUT2D eigenvalue weighted by molar-refractivity contribution is 0.610. The Kier molecular flexibility index (Phi) is 2.47. The van der Waals surface area contributed by atoms with Crippen LogP contribution in [-0.4, -0.2) is 5.25 Å². The highest BCUT2D eigenvalue weighted by molar-refractivity contribution is 8.04. The van der Waals surface area contributed by atoms with Crippen LogP contribution < -0.4 is 0 Å². The second-order valence-electron chi connectivity index (χ2n) is 5.29. The van der Waals surface area contributed by atoms with Gasteiger partial charge in [-0.25, -0.2) is 0 Å². The number of hydrogen-bond donors (Lipinski definition) is 0. The topological polar surface area (TPSA) is 0 Å². The summed E-state index contributed by atoms with van der Waals surface area (Å²) in [6.45, 7) is 0. The van der Waals surface area contributed by atoms with Crippen molar-refractivity contribution in [2.75, 3.05) is 0 Å². The molecular formula is C17H16S. The Labute approximate surface area is 113 Å². The zero-order valence-corrected chi connectivity index (χ0v) is 11.1. The van der Waals surface area contributed by atoms with E-state index in [4.69, 9.17) is 0 Å². The molecule has 90 valence electrons. The predicted molar refractivity (Wildman–Crippen MR) is 79.3 cm³/mol. The van der Waals surface area contributed by atoms with Crippen molar-refractivity contribution in [1.82, 2.24) is 0 Å². The van der Waals surface area contributed by atoms with Crippen LogP contribution in [0.3, 0.4) is 0 Å². The van der Waals surface area contributed by atoms with E-state index >= 15 is 0 Å². The van der Waals surface area contributed by atoms with Gasteiger partial charge in [-0.05, 0) is 28.9 Å². The van der Waals surface area contributed by atoms with E-state index in [1.807, 2.05) is 0 Å². The molecule has 1 heterocycles. The second kappa shape index (κ2) is 4.17. The molecule has 1 heteroatoms. The third kappa shape index (κ3) is 1.54. The molecule has 0 amide bonds. The molecule has 0 spiro atoms. The first-order chi connectivity index (χ1) is 8.93. The molecule has 0 saturated carbocycles. The minimum Gasteiger partial charge on any atom is -0.121 e. The molecule has 0 bridgehead atoms. The van der Waals surface area contributed by atoms with Gasteiger partial charge in [0.05, 0.1) is 0 Å². The molecule has 3 atom stereocenters. The van der Waals surface area contributed by atoms with Gasteiger partial charge in [0.25, 0.3) is 0 Å². The fourth-order valence-corrected chi connectivity index (χ4v) is 5.04. The van der Waals surface area contributed by atoms with Gasteiger partial charge in [-0.15, -0.1) is 11.8 Å². The smallest absolute Gasteiger partial charge is 0.0381 e. The summed E-state index contributed by atoms with van der Waals surface area (Å²) in [5, 5.41) is 0.660. The molecule has 0 aromatic heterocycles. The molecule has 0 aromatic rings. The number of fused-ring (bicyclic) bond motifs is 5. The Morgan fingerprint density at radius 3 is 2.83 bits per heavy atom. The standard InChI is InChI=1S/C17H16S/c1-2-8-13-12(6-1)7-5-10-15-14-9-3-4-11-16(14)18-17(13)15/h1-7,10-11,13-14,17H,8-9H2. The first kappa shape index (κ1) is 10.7. The maximum Gasteiger partial charge on any atom is 0.0381 e. The largest absolute Gasteiger partial charge is 0.121 e. The van der Waals surface area contributed by atoms with Gasteiger partial charge in [0.1, 0.15) is 0 Å². The Bertz CT molecular complexity index is 554. The molecule has 0 radical (unpaired) electrons. The molecule has 1 aliphatic heterocycles. The van der Waals surface area contributed by atoms with Gasteiger partial charge in [0.15, 0.2) is 0 Å². The van der Waals surface area contributed by atoms with Crippen molar-refractivity contribution in [3.8, 4) is 0 Å². The molecule has 3 aliphatic carbocycles. The summed E-state index contributed by atoms with van der Waals surface area (Å²) in [4.78, 5) is 1.58. The first-order valence-corrected chi connectivity index (χ1v) is 7.60. The summed E-state index contributed by atoms with van der Waals surface area (Å²) < 4.78 is 0. The number of allylic oxidation sites excluding steroid dienone is 11. The third-order valence-electron chi connectivity index (χ3n) is 4.29. The molecular weight excluding hydrogens is 236 g/mol. The molecule has 0 aromatic carbocycles. The lowest BCUT2D eigenvalue weighted by atomic mass is 9.82. The van der Waals surface area contributed by atoms with Crippen molar-refractivity contribution < 1.29 is 0 Å². The highest BCUT2D eigenvalue weighted by Crippen LogP contribution is 2.54. The third-order valence-corrected chi connectivity index (χ3v) is 5.84. The Balaban J connectivity index is 1.77. The summed E-state index contributed by atoms with van der Waals surface area (Å²) in [5.74, 6) is 1.34. The van der Waals surface area contributed by atoms with Crippen LogP contribution in [-0.2, 0) is 0 Å². The summed E-state index contributed by atoms with van der Waals surface area (Å²) in [7, 11) is 0. The molecule has 3 unspecified atom stereocenters. The van der Waals surface area contributed by atoms with Gasteiger partial charge in [-0.1, -0.05) is 54.7 Å². The monoisotopic (exact) mass is 252 g/mol. The molecule has 4 rings (SSSR count). The van der Waals surface area contributed by atoms with Crippen LogP contribution in [0.15, 0.2) is 70.7 Å². The Hall–Kier alpha value is -1.21. The lowest BCUT2D eigenvalue weighted by Crippen LogP contribution is -2.19. The van der Waals surface area contributed by atoms with Crippen LogP contribution >= 0.6 is 11.8 Å². The van der Waals surface area contributed by atoms with Crippen molar-refractivity contribution >= 4 is 11.8 Å². The van der Waals surface area contributed by atoms with E-state index in [1.54, 1.807) is 10.5 Å². The van der Waals surface area contributed by atoms with E-state index in [1.165, 1.54) is 18.4 Å². The minimum atomic E-state index is 0.660. The van der Waals surface area contributed by atoms with Crippen LogP contribution in [0.25, 0.3) is 0 Å². The molecule has 4 aliphatic rings. The van der Waals surface area contributed by atoms with Crippen LogP contribution in [0.1, 0.15) is 12.8 Å². The zero-order chi connectivity index (χ0) is 11.9. The van der Waals surface area contributed by atoms with Gasteiger partial charge in [-0.2, -0.15) is 0 Å². The quantitative estimate of drug-likeness (QED) is 0.609. The summed E-state index contributed by atoms with van der Waals surface area (Å²) >= 11 is 2.10. The van der Waals surface area contributed by atoms with Gasteiger partial charge in [0.2, 0.25) is 0 Å². The van der Waals surface area contributed by atoms with Crippen molar-refractivity contribution in [2.45, 2.75) is 18.1 Å². The van der Waals surface area contributed by atoms with E-state index in [0.29, 0.717) is 17.1 Å². The number of rotatable bonds is 0. The molecule has 0 N–H and O–H groups in total. The fourth-order valence-electron chi connectivity index (χ4n) is 3.38. The molecule has 1 fully saturated rings. The Morgan fingerprint density at radius 1 is 0.944 bits per heavy atom. The summed E-state index contributed by atoms with van der Waals surface area (Å²) in [6, 6.07) is 0. The predicted octanol–water partition coefficient (Wildman–Crippen LogP) is 4.56. The normalized spacial score (nSPS) is 36.0. The SMILES string of the molecule is C1=CCC2C(=C1)SC1C2=CC=CC2=CC=CCC21. The number of thioether (sulfide) groups is 1. The number of hydrogen-bond acceptors (Lipinski definition) is 1. The van der Waals surface area contributed by atoms with Crippen LogP contribution in [0, 0.1) is 11.8 Å². The lowest BCUT2D eigenvalue weighted by Gasteiger charge is -2.25. The second-order valence-corrected chi connectivity index (χ2v) is 6.50. The van der Waals surface area contributed by atoms with Crippen LogP contribution in [0.5, 0.6) is 0 Å². The van der Waals surface area contributed by atoms with E-state index in [2.05, 4.69) is 66.4 Å². The molecule has 1 saturated heterocycles. The fraction of sp³-hybridized carbons (Fsp3) is 0.294. The minimum absolute atomic E-state index is 0.660. The molecule has 0 nitrogen and oxygen atoms in total. The van der Waals surface area contributed by atoms with E-state index in [9.17, 15) is 0 Å². The van der Waals surface area contributed by atoms with Gasteiger partial charge < -0.3 is 0 Å². The van der Waals surface area contributed by atoms with Gasteiger partial charge in [-0.3, -0.25) is 0 Å². The zero-order valence-electron chi connectivity index (χ0n) is 10.3.